The molecule has 0 radical (unpaired) electrons. The lowest BCUT2D eigenvalue weighted by Gasteiger charge is -2.12. The molecule has 0 amide bonds. The summed E-state index contributed by atoms with van der Waals surface area (Å²) in [6, 6.07) is 4.93. The van der Waals surface area contributed by atoms with Crippen LogP contribution in [0, 0.1) is 0 Å². The number of aromatic hydroxyl groups is 2. The molecule has 0 saturated heterocycles. The first-order chi connectivity index (χ1) is 19.5. The number of esters is 1. The number of halogens is 7. The van der Waals surface area contributed by atoms with Crippen molar-refractivity contribution < 1.29 is 56.0 Å². The Hall–Kier alpha value is -4.34. The molecule has 4 rings (SSSR count). The number of nitrogens with zero attached hydrogens (tertiary/aromatic N) is 1. The molecule has 0 spiro atoms. The summed E-state index contributed by atoms with van der Waals surface area (Å²) < 4.78 is 81.1. The van der Waals surface area contributed by atoms with E-state index in [2.05, 4.69) is 20.9 Å². The van der Waals surface area contributed by atoms with Crippen LogP contribution in [0.15, 0.2) is 45.8 Å². The fraction of sp³-hybridized carbons (Fsp3) is 0.231. The van der Waals surface area contributed by atoms with Gasteiger partial charge in [0.1, 0.15) is 4.60 Å². The molecule has 42 heavy (non-hydrogen) atoms. The molecular weight excluding hydrogens is 646 g/mol. The van der Waals surface area contributed by atoms with Gasteiger partial charge in [0.2, 0.25) is 0 Å². The van der Waals surface area contributed by atoms with E-state index in [1.54, 1.807) is 0 Å². The minimum Gasteiger partial charge on any atom is -0.505 e. The van der Waals surface area contributed by atoms with Crippen molar-refractivity contribution in [3.05, 3.63) is 73.9 Å². The number of alkyl halides is 6. The standard InChI is InChI=1S/C15H13BrF3NO3.C11H6F3NO4/c1-2-3-6-23-14(22)11-12(21)10-7-8(15(17,18)19)4-5-9(10)13(16)20-11;12-11(13,14)4-1-2-5-6(3-4)8(16)7(10(18)19)15-9(5)17/h4-5,7,21H,2-3,6H2,1H3;1-3,16H,(H,15,17)(H,18,19). The molecule has 0 aliphatic heterocycles. The predicted molar refractivity (Wildman–Crippen MR) is 139 cm³/mol. The molecule has 4 aromatic rings. The molecule has 0 aliphatic carbocycles. The number of pyridine rings is 2. The largest absolute Gasteiger partial charge is 0.505 e. The van der Waals surface area contributed by atoms with Crippen LogP contribution in [0.3, 0.4) is 0 Å². The molecule has 4 N–H and O–H groups in total. The first-order valence-corrected chi connectivity index (χ1v) is 12.5. The number of carbonyl (C=O) groups excluding carboxylic acids is 1. The Morgan fingerprint density at radius 3 is 1.93 bits per heavy atom. The van der Waals surface area contributed by atoms with E-state index in [1.807, 2.05) is 11.9 Å². The number of aromatic amines is 1. The van der Waals surface area contributed by atoms with Crippen molar-refractivity contribution >= 4 is 49.4 Å². The SMILES string of the molecule is CCCCOC(=O)c1nc(Br)c2ccc(C(F)(F)F)cc2c1O.O=C(O)c1[nH]c(=O)c2ccc(C(F)(F)F)cc2c1O. The number of aromatic nitrogens is 2. The summed E-state index contributed by atoms with van der Waals surface area (Å²) in [6.07, 6.45) is -7.77. The van der Waals surface area contributed by atoms with Gasteiger partial charge in [-0.05, 0) is 52.7 Å². The number of hydrogen-bond donors (Lipinski definition) is 4. The lowest BCUT2D eigenvalue weighted by molar-refractivity contribution is -0.138. The third kappa shape index (κ3) is 6.92. The predicted octanol–water partition coefficient (Wildman–Crippen LogP) is 6.63. The Morgan fingerprint density at radius 2 is 1.43 bits per heavy atom. The maximum atomic E-state index is 12.8. The number of carboxylic acid groups (broad SMARTS) is 1. The molecule has 0 aliphatic rings. The molecule has 2 aromatic carbocycles. The van der Waals surface area contributed by atoms with Crippen molar-refractivity contribution in [1.82, 2.24) is 9.97 Å². The van der Waals surface area contributed by atoms with Gasteiger partial charge < -0.3 is 25.0 Å². The van der Waals surface area contributed by atoms with Gasteiger partial charge in [-0.1, -0.05) is 19.4 Å². The quantitative estimate of drug-likeness (QED) is 0.0804. The molecule has 9 nitrogen and oxygen atoms in total. The maximum Gasteiger partial charge on any atom is 0.416 e. The van der Waals surface area contributed by atoms with E-state index in [1.165, 1.54) is 6.07 Å². The number of fused-ring (bicyclic) bond motifs is 2. The number of rotatable bonds is 5. The number of aromatic carboxylic acids is 1. The van der Waals surface area contributed by atoms with Gasteiger partial charge in [0, 0.05) is 16.2 Å². The number of carbonyl (C=O) groups is 2. The molecule has 2 aromatic heterocycles. The van der Waals surface area contributed by atoms with Crippen molar-refractivity contribution in [2.24, 2.45) is 0 Å². The van der Waals surface area contributed by atoms with Crippen molar-refractivity contribution in [1.29, 1.82) is 0 Å². The number of nitrogens with one attached hydrogen (secondary N) is 1. The molecule has 0 unspecified atom stereocenters. The first-order valence-electron chi connectivity index (χ1n) is 11.7. The van der Waals surface area contributed by atoms with Crippen LogP contribution in [0.25, 0.3) is 21.5 Å². The zero-order valence-electron chi connectivity index (χ0n) is 21.2. The van der Waals surface area contributed by atoms with Gasteiger partial charge in [-0.2, -0.15) is 26.3 Å². The average Bonchev–Trinajstić information content (AvgIpc) is 2.91. The second kappa shape index (κ2) is 12.3. The zero-order chi connectivity index (χ0) is 31.6. The Bertz CT molecular complexity index is 1740. The lowest BCUT2D eigenvalue weighted by atomic mass is 10.1. The summed E-state index contributed by atoms with van der Waals surface area (Å²) in [5.41, 5.74) is -4.17. The van der Waals surface area contributed by atoms with Crippen LogP contribution in [-0.4, -0.2) is 43.8 Å². The van der Waals surface area contributed by atoms with Crippen molar-refractivity contribution in [3.8, 4) is 11.5 Å². The molecule has 0 fully saturated rings. The maximum absolute atomic E-state index is 12.8. The van der Waals surface area contributed by atoms with Crippen molar-refractivity contribution in [2.75, 3.05) is 6.61 Å². The molecule has 2 heterocycles. The average molecular weight is 665 g/mol. The second-order valence-electron chi connectivity index (χ2n) is 8.59. The molecule has 224 valence electrons. The minimum atomic E-state index is -4.66. The van der Waals surface area contributed by atoms with E-state index in [-0.39, 0.29) is 27.4 Å². The smallest absolute Gasteiger partial charge is 0.416 e. The molecule has 0 atom stereocenters. The summed E-state index contributed by atoms with van der Waals surface area (Å²) in [7, 11) is 0. The third-order valence-electron chi connectivity index (χ3n) is 5.72. The summed E-state index contributed by atoms with van der Waals surface area (Å²) in [5.74, 6) is -4.06. The van der Waals surface area contributed by atoms with E-state index in [9.17, 15) is 50.9 Å². The van der Waals surface area contributed by atoms with Gasteiger partial charge in [0.05, 0.1) is 23.1 Å². The fourth-order valence-electron chi connectivity index (χ4n) is 3.60. The molecule has 16 heteroatoms. The zero-order valence-corrected chi connectivity index (χ0v) is 22.7. The van der Waals surface area contributed by atoms with Crippen LogP contribution in [0.4, 0.5) is 26.3 Å². The van der Waals surface area contributed by atoms with Crippen LogP contribution >= 0.6 is 15.9 Å². The molecule has 0 bridgehead atoms. The van der Waals surface area contributed by atoms with Crippen LogP contribution in [0.1, 0.15) is 51.9 Å². The van der Waals surface area contributed by atoms with E-state index in [0.29, 0.717) is 18.6 Å². The number of H-pyrrole nitrogens is 1. The van der Waals surface area contributed by atoms with Crippen molar-refractivity contribution in [2.45, 2.75) is 32.1 Å². The fourth-order valence-corrected chi connectivity index (χ4v) is 4.12. The normalized spacial score (nSPS) is 11.7. The van der Waals surface area contributed by atoms with Gasteiger partial charge in [0.15, 0.2) is 22.9 Å². The topological polar surface area (TPSA) is 150 Å². The highest BCUT2D eigenvalue weighted by atomic mass is 79.9. The van der Waals surface area contributed by atoms with E-state index in [0.717, 1.165) is 24.6 Å². The van der Waals surface area contributed by atoms with Crippen LogP contribution < -0.4 is 5.56 Å². The van der Waals surface area contributed by atoms with Gasteiger partial charge in [-0.3, -0.25) is 4.79 Å². The van der Waals surface area contributed by atoms with Crippen LogP contribution in [-0.2, 0) is 17.1 Å². The van der Waals surface area contributed by atoms with Gasteiger partial charge in [-0.25, -0.2) is 14.6 Å². The highest BCUT2D eigenvalue weighted by Crippen LogP contribution is 2.38. The second-order valence-corrected chi connectivity index (χ2v) is 9.34. The van der Waals surface area contributed by atoms with Crippen molar-refractivity contribution in [3.63, 3.8) is 0 Å². The summed E-state index contributed by atoms with van der Waals surface area (Å²) in [6.45, 7) is 2.06. The van der Waals surface area contributed by atoms with E-state index < -0.39 is 69.3 Å². The van der Waals surface area contributed by atoms with Gasteiger partial charge in [-0.15, -0.1) is 0 Å². The Morgan fingerprint density at radius 1 is 0.905 bits per heavy atom. The Labute approximate surface area is 239 Å². The summed E-state index contributed by atoms with van der Waals surface area (Å²) in [5, 5.41) is 27.9. The first kappa shape index (κ1) is 32.2. The Kier molecular flexibility index (Phi) is 9.39. The molecular formula is C26H19BrF6N2O7. The number of carboxylic acids is 1. The van der Waals surface area contributed by atoms with Gasteiger partial charge >= 0.3 is 24.3 Å². The number of benzene rings is 2. The highest BCUT2D eigenvalue weighted by Gasteiger charge is 2.32. The minimum absolute atomic E-state index is 0.121. The number of hydrogen-bond acceptors (Lipinski definition) is 7. The molecule has 0 saturated carbocycles. The van der Waals surface area contributed by atoms with Crippen LogP contribution in [0.2, 0.25) is 0 Å². The Balaban J connectivity index is 0.000000235. The number of ether oxygens (including phenoxy) is 1. The third-order valence-corrected chi connectivity index (χ3v) is 6.32. The lowest BCUT2D eigenvalue weighted by Crippen LogP contribution is -2.14. The van der Waals surface area contributed by atoms with Crippen LogP contribution in [0.5, 0.6) is 11.5 Å². The monoisotopic (exact) mass is 664 g/mol. The van der Waals surface area contributed by atoms with Gasteiger partial charge in [0.25, 0.3) is 5.56 Å². The summed E-state index contributed by atoms with van der Waals surface area (Å²) in [4.78, 5) is 40.0. The van der Waals surface area contributed by atoms with E-state index in [4.69, 9.17) is 9.84 Å². The van der Waals surface area contributed by atoms with E-state index >= 15 is 0 Å². The highest BCUT2D eigenvalue weighted by molar-refractivity contribution is 9.10. The summed E-state index contributed by atoms with van der Waals surface area (Å²) >= 11 is 3.10. The number of unbranched alkanes of at least 4 members (excludes halogenated alkanes) is 1.